The molecule has 2 heterocycles. The van der Waals surface area contributed by atoms with Gasteiger partial charge in [0.1, 0.15) is 17.6 Å². The van der Waals surface area contributed by atoms with E-state index in [9.17, 15) is 5.26 Å². The summed E-state index contributed by atoms with van der Waals surface area (Å²) in [5.74, 6) is 1.35. The number of ether oxygens (including phenoxy) is 3. The molecule has 0 atom stereocenters. The Kier molecular flexibility index (Phi) is 7.01. The minimum atomic E-state index is 0.193. The number of para-hydroxylation sites is 1. The van der Waals surface area contributed by atoms with E-state index in [2.05, 4.69) is 29.2 Å². The average molecular weight is 480 g/mol. The van der Waals surface area contributed by atoms with Gasteiger partial charge in [0.15, 0.2) is 0 Å². The second kappa shape index (κ2) is 10.7. The number of nitrogens with zero attached hydrogens (tertiary/aromatic N) is 3. The van der Waals surface area contributed by atoms with Crippen LogP contribution >= 0.6 is 0 Å². The van der Waals surface area contributed by atoms with E-state index in [4.69, 9.17) is 19.2 Å². The molecule has 4 aromatic rings. The number of piperidine rings is 1. The van der Waals surface area contributed by atoms with E-state index in [1.165, 1.54) is 0 Å². The van der Waals surface area contributed by atoms with Crippen molar-refractivity contribution in [3.8, 4) is 28.7 Å². The van der Waals surface area contributed by atoms with Gasteiger partial charge in [-0.3, -0.25) is 4.98 Å². The molecule has 5 rings (SSSR count). The molecule has 0 N–H and O–H groups in total. The van der Waals surface area contributed by atoms with Crippen LogP contribution < -0.4 is 14.4 Å². The third-order valence-corrected chi connectivity index (χ3v) is 6.74. The molecule has 1 fully saturated rings. The summed E-state index contributed by atoms with van der Waals surface area (Å²) >= 11 is 0. The van der Waals surface area contributed by atoms with Gasteiger partial charge in [0, 0.05) is 29.7 Å². The maximum Gasteiger partial charge on any atom is 0.137 e. The third-order valence-electron chi connectivity index (χ3n) is 6.74. The quantitative estimate of drug-likeness (QED) is 0.325. The molecular formula is C30H29N3O3. The second-order valence-electron chi connectivity index (χ2n) is 8.87. The fourth-order valence-corrected chi connectivity index (χ4v) is 4.84. The van der Waals surface area contributed by atoms with Crippen molar-refractivity contribution in [3.63, 3.8) is 0 Å². The van der Waals surface area contributed by atoms with E-state index in [1.54, 1.807) is 20.3 Å². The molecule has 6 heteroatoms. The number of benzene rings is 3. The molecule has 6 nitrogen and oxygen atoms in total. The highest BCUT2D eigenvalue weighted by Crippen LogP contribution is 2.41. The predicted octanol–water partition coefficient (Wildman–Crippen LogP) is 5.98. The zero-order valence-electron chi connectivity index (χ0n) is 20.6. The van der Waals surface area contributed by atoms with Crippen LogP contribution in [0.1, 0.15) is 24.1 Å². The number of hydrogen-bond donors (Lipinski definition) is 0. The largest absolute Gasteiger partial charge is 0.496 e. The second-order valence-corrected chi connectivity index (χ2v) is 8.87. The van der Waals surface area contributed by atoms with E-state index >= 15 is 0 Å². The van der Waals surface area contributed by atoms with E-state index in [0.29, 0.717) is 17.9 Å². The Hall–Kier alpha value is -4.08. The summed E-state index contributed by atoms with van der Waals surface area (Å²) in [7, 11) is 3.27. The molecular weight excluding hydrogens is 450 g/mol. The molecule has 0 unspecified atom stereocenters. The van der Waals surface area contributed by atoms with Crippen LogP contribution in [0.5, 0.6) is 11.5 Å². The van der Waals surface area contributed by atoms with Gasteiger partial charge >= 0.3 is 0 Å². The average Bonchev–Trinajstić information content (AvgIpc) is 2.95. The van der Waals surface area contributed by atoms with Gasteiger partial charge in [0.05, 0.1) is 43.7 Å². The monoisotopic (exact) mass is 479 g/mol. The minimum absolute atomic E-state index is 0.193. The molecule has 182 valence electrons. The van der Waals surface area contributed by atoms with Crippen LogP contribution in [0, 0.1) is 11.3 Å². The van der Waals surface area contributed by atoms with Crippen molar-refractivity contribution >= 4 is 16.6 Å². The van der Waals surface area contributed by atoms with Crippen molar-refractivity contribution in [1.29, 1.82) is 5.26 Å². The number of nitriles is 1. The van der Waals surface area contributed by atoms with Gasteiger partial charge < -0.3 is 19.1 Å². The Morgan fingerprint density at radius 3 is 2.50 bits per heavy atom. The van der Waals surface area contributed by atoms with Crippen LogP contribution in [0.25, 0.3) is 22.0 Å². The molecule has 1 aliphatic rings. The predicted molar refractivity (Wildman–Crippen MR) is 141 cm³/mol. The lowest BCUT2D eigenvalue weighted by Crippen LogP contribution is -2.37. The summed E-state index contributed by atoms with van der Waals surface area (Å²) < 4.78 is 17.5. The smallest absolute Gasteiger partial charge is 0.137 e. The Labute approximate surface area is 211 Å². The van der Waals surface area contributed by atoms with E-state index in [1.807, 2.05) is 48.5 Å². The van der Waals surface area contributed by atoms with Crippen molar-refractivity contribution in [2.45, 2.75) is 25.6 Å². The first kappa shape index (κ1) is 23.7. The molecule has 0 spiro atoms. The molecule has 1 aliphatic heterocycles. The molecule has 1 aromatic heterocycles. The lowest BCUT2D eigenvalue weighted by atomic mass is 9.98. The number of hydrogen-bond acceptors (Lipinski definition) is 6. The molecule has 0 radical (unpaired) electrons. The molecule has 3 aromatic carbocycles. The molecule has 0 bridgehead atoms. The molecule has 0 saturated carbocycles. The number of anilines is 1. The summed E-state index contributed by atoms with van der Waals surface area (Å²) in [6, 6.07) is 26.3. The minimum Gasteiger partial charge on any atom is -0.496 e. The zero-order chi connectivity index (χ0) is 24.9. The first-order chi connectivity index (χ1) is 17.7. The van der Waals surface area contributed by atoms with Crippen molar-refractivity contribution in [1.82, 2.24) is 4.98 Å². The van der Waals surface area contributed by atoms with Gasteiger partial charge in [0.2, 0.25) is 0 Å². The molecule has 36 heavy (non-hydrogen) atoms. The number of aromatic nitrogens is 1. The zero-order valence-corrected chi connectivity index (χ0v) is 20.6. The summed E-state index contributed by atoms with van der Waals surface area (Å²) in [5, 5.41) is 10.5. The van der Waals surface area contributed by atoms with Crippen LogP contribution in [-0.2, 0) is 11.3 Å². The topological polar surface area (TPSA) is 67.6 Å². The normalized spacial score (nSPS) is 14.0. The number of methoxy groups -OCH3 is 2. The number of pyridine rings is 1. The number of rotatable bonds is 7. The third kappa shape index (κ3) is 4.84. The highest BCUT2D eigenvalue weighted by Gasteiger charge is 2.24. The van der Waals surface area contributed by atoms with Crippen LogP contribution in [0.3, 0.4) is 0 Å². The van der Waals surface area contributed by atoms with Crippen LogP contribution in [0.2, 0.25) is 0 Å². The molecule has 0 aliphatic carbocycles. The van der Waals surface area contributed by atoms with Crippen molar-refractivity contribution in [3.05, 3.63) is 84.1 Å². The van der Waals surface area contributed by atoms with Gasteiger partial charge in [-0.25, -0.2) is 0 Å². The first-order valence-corrected chi connectivity index (χ1v) is 12.2. The lowest BCUT2D eigenvalue weighted by Gasteiger charge is -2.35. The Balaban J connectivity index is 1.30. The molecule has 1 saturated heterocycles. The maximum atomic E-state index is 9.38. The first-order valence-electron chi connectivity index (χ1n) is 12.2. The maximum absolute atomic E-state index is 9.38. The fraction of sp³-hybridized carbons (Fsp3) is 0.267. The highest BCUT2D eigenvalue weighted by atomic mass is 16.5. The highest BCUT2D eigenvalue weighted by molar-refractivity contribution is 5.85. The van der Waals surface area contributed by atoms with Gasteiger partial charge in [0.25, 0.3) is 0 Å². The van der Waals surface area contributed by atoms with Crippen molar-refractivity contribution in [2.24, 2.45) is 0 Å². The number of fused-ring (bicyclic) bond motifs is 1. The SMILES string of the molecule is COc1cc(-c2c(OC)cccc2N2CCC(OCc3ccc4ccccc4n3)CC2)ccc1C#N. The van der Waals surface area contributed by atoms with Crippen molar-refractivity contribution < 1.29 is 14.2 Å². The summed E-state index contributed by atoms with van der Waals surface area (Å²) in [4.78, 5) is 7.12. The van der Waals surface area contributed by atoms with E-state index in [0.717, 1.165) is 65.1 Å². The van der Waals surface area contributed by atoms with Crippen LogP contribution in [0.15, 0.2) is 72.8 Å². The van der Waals surface area contributed by atoms with Crippen LogP contribution in [0.4, 0.5) is 5.69 Å². The van der Waals surface area contributed by atoms with Gasteiger partial charge in [-0.05, 0) is 54.8 Å². The Morgan fingerprint density at radius 1 is 0.917 bits per heavy atom. The standard InChI is InChI=1S/C30H29N3O3/c1-34-28-9-5-8-27(30(28)22-10-11-23(19-31)29(18-22)35-2)33-16-14-25(15-17-33)36-20-24-13-12-21-6-3-4-7-26(21)32-24/h3-13,18,25H,14-17,20H2,1-2H3. The van der Waals surface area contributed by atoms with Crippen LogP contribution in [-0.4, -0.2) is 38.4 Å². The van der Waals surface area contributed by atoms with E-state index < -0.39 is 0 Å². The van der Waals surface area contributed by atoms with Gasteiger partial charge in [-0.2, -0.15) is 5.26 Å². The summed E-state index contributed by atoms with van der Waals surface area (Å²) in [6.07, 6.45) is 2.06. The Bertz CT molecular complexity index is 1400. The summed E-state index contributed by atoms with van der Waals surface area (Å²) in [5.41, 5.74) is 5.54. The summed E-state index contributed by atoms with van der Waals surface area (Å²) in [6.45, 7) is 2.28. The van der Waals surface area contributed by atoms with Gasteiger partial charge in [-0.1, -0.05) is 36.4 Å². The Morgan fingerprint density at radius 2 is 1.72 bits per heavy atom. The van der Waals surface area contributed by atoms with E-state index in [-0.39, 0.29) is 6.10 Å². The molecule has 0 amide bonds. The fourth-order valence-electron chi connectivity index (χ4n) is 4.84. The van der Waals surface area contributed by atoms with Crippen molar-refractivity contribution in [2.75, 3.05) is 32.2 Å². The lowest BCUT2D eigenvalue weighted by molar-refractivity contribution is 0.0236. The van der Waals surface area contributed by atoms with Gasteiger partial charge in [-0.15, -0.1) is 0 Å².